The molecule has 8 heteroatoms. The predicted octanol–water partition coefficient (Wildman–Crippen LogP) is 1.84. The molecule has 0 atom stereocenters. The highest BCUT2D eigenvalue weighted by Gasteiger charge is 2.14. The molecule has 2 aromatic heterocycles. The van der Waals surface area contributed by atoms with Crippen molar-refractivity contribution in [1.82, 2.24) is 24.9 Å². The number of aromatic nitrogens is 4. The smallest absolute Gasteiger partial charge is 0.282 e. The van der Waals surface area contributed by atoms with Gasteiger partial charge in [-0.05, 0) is 32.4 Å². The molecule has 0 aromatic carbocycles. The quantitative estimate of drug-likeness (QED) is 0.794. The van der Waals surface area contributed by atoms with Crippen molar-refractivity contribution in [2.75, 3.05) is 6.54 Å². The molecule has 0 saturated carbocycles. The number of nitrogens with one attached hydrogen (secondary N) is 1. The highest BCUT2D eigenvalue weighted by Crippen LogP contribution is 2.17. The molecule has 0 aliphatic heterocycles. The van der Waals surface area contributed by atoms with E-state index >= 15 is 0 Å². The minimum absolute atomic E-state index is 0.0562. The first-order valence-corrected chi connectivity index (χ1v) is 7.05. The van der Waals surface area contributed by atoms with Crippen LogP contribution in [0.1, 0.15) is 29.9 Å². The molecule has 0 unspecified atom stereocenters. The number of aryl methyl sites for hydroxylation is 3. The van der Waals surface area contributed by atoms with Crippen molar-refractivity contribution in [3.63, 3.8) is 0 Å². The maximum absolute atomic E-state index is 12.5. The van der Waals surface area contributed by atoms with Crippen LogP contribution in [0.25, 0.3) is 0 Å². The summed E-state index contributed by atoms with van der Waals surface area (Å²) in [4.78, 5) is 11.8. The summed E-state index contributed by atoms with van der Waals surface area (Å²) < 4.78 is 28.2. The van der Waals surface area contributed by atoms with Gasteiger partial charge in [0, 0.05) is 30.7 Å². The van der Waals surface area contributed by atoms with E-state index in [2.05, 4.69) is 15.5 Å². The third-order valence-corrected chi connectivity index (χ3v) is 3.31. The number of hydrogen-bond acceptors (Lipinski definition) is 3. The first kappa shape index (κ1) is 16.1. The Morgan fingerprint density at radius 2 is 2.09 bits per heavy atom. The van der Waals surface area contributed by atoms with E-state index in [-0.39, 0.29) is 18.1 Å². The van der Waals surface area contributed by atoms with Gasteiger partial charge in [-0.1, -0.05) is 0 Å². The van der Waals surface area contributed by atoms with Gasteiger partial charge in [-0.2, -0.15) is 10.2 Å². The molecule has 2 aromatic rings. The Hall–Kier alpha value is -2.25. The van der Waals surface area contributed by atoms with Crippen molar-refractivity contribution in [2.24, 2.45) is 0 Å². The summed E-state index contributed by atoms with van der Waals surface area (Å²) in [7, 11) is 0. The molecule has 22 heavy (non-hydrogen) atoms. The Labute approximate surface area is 127 Å². The zero-order valence-corrected chi connectivity index (χ0v) is 12.6. The lowest BCUT2D eigenvalue weighted by molar-refractivity contribution is -0.121. The molecular weight excluding hydrogens is 292 g/mol. The summed E-state index contributed by atoms with van der Waals surface area (Å²) in [6.45, 7) is 4.77. The molecule has 0 aliphatic rings. The van der Waals surface area contributed by atoms with E-state index in [1.54, 1.807) is 13.1 Å². The van der Waals surface area contributed by atoms with Gasteiger partial charge in [0.05, 0.1) is 0 Å². The average Bonchev–Trinajstić information content (AvgIpc) is 3.02. The van der Waals surface area contributed by atoms with E-state index in [9.17, 15) is 13.6 Å². The summed E-state index contributed by atoms with van der Waals surface area (Å²) in [5.41, 5.74) is 1.30. The molecule has 1 amide bonds. The zero-order valence-electron chi connectivity index (χ0n) is 12.6. The van der Waals surface area contributed by atoms with Gasteiger partial charge in [0.1, 0.15) is 12.2 Å². The lowest BCUT2D eigenvalue weighted by atomic mass is 10.4. The number of alkyl halides is 2. The molecule has 6 nitrogen and oxygen atoms in total. The van der Waals surface area contributed by atoms with E-state index in [1.165, 1.54) is 10.7 Å². The minimum atomic E-state index is -2.62. The van der Waals surface area contributed by atoms with E-state index < -0.39 is 6.43 Å². The van der Waals surface area contributed by atoms with Gasteiger partial charge in [-0.3, -0.25) is 14.2 Å². The second-order valence-corrected chi connectivity index (χ2v) is 5.07. The first-order valence-electron chi connectivity index (χ1n) is 7.05. The molecule has 1 N–H and O–H groups in total. The average molecular weight is 311 g/mol. The van der Waals surface area contributed by atoms with E-state index in [4.69, 9.17) is 0 Å². The van der Waals surface area contributed by atoms with Gasteiger partial charge in [0.25, 0.3) is 6.43 Å². The minimum Gasteiger partial charge on any atom is -0.354 e. The van der Waals surface area contributed by atoms with E-state index in [1.807, 2.05) is 17.7 Å². The lowest BCUT2D eigenvalue weighted by Crippen LogP contribution is -2.29. The van der Waals surface area contributed by atoms with Crippen molar-refractivity contribution in [2.45, 2.75) is 39.8 Å². The Kier molecular flexibility index (Phi) is 5.24. The number of halogens is 2. The summed E-state index contributed by atoms with van der Waals surface area (Å²) in [5.74, 6) is -0.246. The summed E-state index contributed by atoms with van der Waals surface area (Å²) in [6, 6.07) is 3.21. The van der Waals surface area contributed by atoms with E-state index in [0.29, 0.717) is 12.2 Å². The van der Waals surface area contributed by atoms with Gasteiger partial charge in [-0.15, -0.1) is 0 Å². The van der Waals surface area contributed by atoms with Crippen LogP contribution in [0.3, 0.4) is 0 Å². The van der Waals surface area contributed by atoms with Crippen LogP contribution in [-0.4, -0.2) is 32.0 Å². The molecule has 0 radical (unpaired) electrons. The molecule has 120 valence electrons. The largest absolute Gasteiger partial charge is 0.354 e. The molecule has 0 bridgehead atoms. The van der Waals surface area contributed by atoms with Gasteiger partial charge < -0.3 is 5.32 Å². The molecule has 0 saturated heterocycles. The van der Waals surface area contributed by atoms with Crippen molar-refractivity contribution < 1.29 is 13.6 Å². The Morgan fingerprint density at radius 3 is 2.68 bits per heavy atom. The maximum atomic E-state index is 12.5. The Bertz CT molecular complexity index is 635. The van der Waals surface area contributed by atoms with Crippen LogP contribution in [0, 0.1) is 13.8 Å². The van der Waals surface area contributed by atoms with Crippen LogP contribution in [0.4, 0.5) is 8.78 Å². The number of nitrogens with zero attached hydrogens (tertiary/aromatic N) is 4. The predicted molar refractivity (Wildman–Crippen MR) is 76.5 cm³/mol. The molecule has 0 aliphatic carbocycles. The summed E-state index contributed by atoms with van der Waals surface area (Å²) in [5, 5.41) is 10.6. The summed E-state index contributed by atoms with van der Waals surface area (Å²) >= 11 is 0. The monoisotopic (exact) mass is 311 g/mol. The molecule has 0 fully saturated rings. The topological polar surface area (TPSA) is 64.7 Å². The normalized spacial score (nSPS) is 11.1. The van der Waals surface area contributed by atoms with Gasteiger partial charge in [0.2, 0.25) is 5.91 Å². The van der Waals surface area contributed by atoms with Gasteiger partial charge >= 0.3 is 0 Å². The van der Waals surface area contributed by atoms with Crippen LogP contribution < -0.4 is 5.32 Å². The number of amides is 1. The number of carbonyl (C=O) groups is 1. The fraction of sp³-hybridized carbons (Fsp3) is 0.500. The van der Waals surface area contributed by atoms with Crippen LogP contribution in [0.2, 0.25) is 0 Å². The zero-order chi connectivity index (χ0) is 16.1. The number of rotatable bonds is 7. The third kappa shape index (κ3) is 4.12. The fourth-order valence-corrected chi connectivity index (χ4v) is 2.08. The van der Waals surface area contributed by atoms with Crippen molar-refractivity contribution in [3.05, 3.63) is 35.4 Å². The highest BCUT2D eigenvalue weighted by molar-refractivity contribution is 5.75. The van der Waals surface area contributed by atoms with E-state index in [0.717, 1.165) is 18.7 Å². The van der Waals surface area contributed by atoms with Crippen molar-refractivity contribution in [1.29, 1.82) is 0 Å². The standard InChI is InChI=1S/C14H19F2N5O/c1-10-4-6-18-20(10)7-3-5-17-13(22)9-21-11(2)8-12(19-21)14(15)16/h4,6,8,14H,3,5,7,9H2,1-2H3,(H,17,22). The Morgan fingerprint density at radius 1 is 1.32 bits per heavy atom. The Balaban J connectivity index is 1.75. The first-order chi connectivity index (χ1) is 10.5. The van der Waals surface area contributed by atoms with Gasteiger partial charge in [0.15, 0.2) is 0 Å². The molecular formula is C14H19F2N5O. The number of hydrogen-bond donors (Lipinski definition) is 1. The van der Waals surface area contributed by atoms with Crippen LogP contribution >= 0.6 is 0 Å². The molecule has 0 spiro atoms. The van der Waals surface area contributed by atoms with Crippen molar-refractivity contribution in [3.8, 4) is 0 Å². The second kappa shape index (κ2) is 7.15. The SMILES string of the molecule is Cc1ccnn1CCCNC(=O)Cn1nc(C(F)F)cc1C. The number of carbonyl (C=O) groups excluding carboxylic acids is 1. The molecule has 2 heterocycles. The maximum Gasteiger partial charge on any atom is 0.282 e. The van der Waals surface area contributed by atoms with Crippen LogP contribution in [0.15, 0.2) is 18.3 Å². The van der Waals surface area contributed by atoms with Gasteiger partial charge in [-0.25, -0.2) is 8.78 Å². The van der Waals surface area contributed by atoms with Crippen molar-refractivity contribution >= 4 is 5.91 Å². The van der Waals surface area contributed by atoms with Crippen LogP contribution in [-0.2, 0) is 17.9 Å². The highest BCUT2D eigenvalue weighted by atomic mass is 19.3. The fourth-order valence-electron chi connectivity index (χ4n) is 2.08. The second-order valence-electron chi connectivity index (χ2n) is 5.07. The lowest BCUT2D eigenvalue weighted by Gasteiger charge is -2.07. The van der Waals surface area contributed by atoms with Crippen LogP contribution in [0.5, 0.6) is 0 Å². The third-order valence-electron chi connectivity index (χ3n) is 3.31. The summed E-state index contributed by atoms with van der Waals surface area (Å²) in [6.07, 6.45) is -0.149. The molecule has 2 rings (SSSR count).